The van der Waals surface area contributed by atoms with Gasteiger partial charge >= 0.3 is 5.97 Å². The Hall–Kier alpha value is -2.69. The van der Waals surface area contributed by atoms with E-state index in [1.165, 1.54) is 24.3 Å². The lowest BCUT2D eigenvalue weighted by atomic mass is 9.95. The molecular formula is C18H16FNO3. The number of halogens is 1. The van der Waals surface area contributed by atoms with Crippen LogP contribution in [0.1, 0.15) is 34.3 Å². The van der Waals surface area contributed by atoms with Gasteiger partial charge in [0, 0.05) is 6.54 Å². The van der Waals surface area contributed by atoms with E-state index in [0.29, 0.717) is 24.0 Å². The van der Waals surface area contributed by atoms with Gasteiger partial charge in [0.05, 0.1) is 11.0 Å². The van der Waals surface area contributed by atoms with Crippen molar-refractivity contribution < 1.29 is 19.1 Å². The number of benzene rings is 2. The molecular weight excluding hydrogens is 297 g/mol. The molecule has 0 aromatic heterocycles. The third-order valence-corrected chi connectivity index (χ3v) is 4.19. The molecule has 1 aliphatic rings. The summed E-state index contributed by atoms with van der Waals surface area (Å²) in [4.78, 5) is 23.4. The molecule has 23 heavy (non-hydrogen) atoms. The number of carbonyl (C=O) groups is 2. The zero-order valence-corrected chi connectivity index (χ0v) is 12.4. The predicted molar refractivity (Wildman–Crippen MR) is 82.6 cm³/mol. The van der Waals surface area contributed by atoms with Crippen LogP contribution in [0.4, 0.5) is 4.39 Å². The first-order valence-corrected chi connectivity index (χ1v) is 7.38. The minimum Gasteiger partial charge on any atom is -0.478 e. The Morgan fingerprint density at radius 2 is 1.87 bits per heavy atom. The van der Waals surface area contributed by atoms with Crippen molar-refractivity contribution in [3.05, 3.63) is 71.0 Å². The van der Waals surface area contributed by atoms with E-state index in [0.717, 1.165) is 0 Å². The second-order valence-corrected chi connectivity index (χ2v) is 5.78. The molecule has 5 heteroatoms. The fraction of sp³-hybridized carbons (Fsp3) is 0.222. The first-order chi connectivity index (χ1) is 11.0. The standard InChI is InChI=1S/C18H16FNO3/c19-15-6-2-5-14(10-15)18(7-8-18)17(23)20-11-12-3-1-4-13(9-12)16(21)22/h1-6,9-10H,7-8,11H2,(H,20,23)(H,21,22). The average Bonchev–Trinajstić information content (AvgIpc) is 3.35. The molecule has 1 amide bonds. The van der Waals surface area contributed by atoms with Crippen molar-refractivity contribution in [3.8, 4) is 0 Å². The Balaban J connectivity index is 1.70. The Kier molecular flexibility index (Phi) is 3.86. The first-order valence-electron chi connectivity index (χ1n) is 7.38. The van der Waals surface area contributed by atoms with E-state index in [1.807, 2.05) is 0 Å². The van der Waals surface area contributed by atoms with Gasteiger partial charge in [0.1, 0.15) is 5.82 Å². The highest BCUT2D eigenvalue weighted by molar-refractivity contribution is 5.91. The molecule has 0 saturated heterocycles. The molecule has 1 saturated carbocycles. The lowest BCUT2D eigenvalue weighted by Crippen LogP contribution is -2.34. The van der Waals surface area contributed by atoms with Gasteiger partial charge < -0.3 is 10.4 Å². The maximum Gasteiger partial charge on any atom is 0.335 e. The zero-order chi connectivity index (χ0) is 16.4. The predicted octanol–water partition coefficient (Wildman–Crippen LogP) is 2.87. The van der Waals surface area contributed by atoms with E-state index >= 15 is 0 Å². The summed E-state index contributed by atoms with van der Waals surface area (Å²) in [5.41, 5.74) is 0.942. The van der Waals surface area contributed by atoms with Gasteiger partial charge in [-0.1, -0.05) is 24.3 Å². The van der Waals surface area contributed by atoms with E-state index < -0.39 is 11.4 Å². The number of hydrogen-bond donors (Lipinski definition) is 2. The maximum atomic E-state index is 13.4. The van der Waals surface area contributed by atoms with Crippen molar-refractivity contribution in [1.29, 1.82) is 0 Å². The molecule has 0 radical (unpaired) electrons. The Morgan fingerprint density at radius 1 is 1.13 bits per heavy atom. The van der Waals surface area contributed by atoms with Crippen LogP contribution >= 0.6 is 0 Å². The van der Waals surface area contributed by atoms with Crippen molar-refractivity contribution in [2.45, 2.75) is 24.8 Å². The van der Waals surface area contributed by atoms with E-state index in [9.17, 15) is 14.0 Å². The van der Waals surface area contributed by atoms with Crippen LogP contribution in [0.5, 0.6) is 0 Å². The fourth-order valence-corrected chi connectivity index (χ4v) is 2.72. The SMILES string of the molecule is O=C(O)c1cccc(CNC(=O)C2(c3cccc(F)c3)CC2)c1. The van der Waals surface area contributed by atoms with Crippen molar-refractivity contribution in [2.24, 2.45) is 0 Å². The van der Waals surface area contributed by atoms with Gasteiger partial charge in [-0.25, -0.2) is 9.18 Å². The number of amides is 1. The normalized spacial score (nSPS) is 15.0. The first kappa shape index (κ1) is 15.2. The lowest BCUT2D eigenvalue weighted by molar-refractivity contribution is -0.123. The van der Waals surface area contributed by atoms with Crippen molar-refractivity contribution in [3.63, 3.8) is 0 Å². The van der Waals surface area contributed by atoms with Crippen molar-refractivity contribution in [2.75, 3.05) is 0 Å². The topological polar surface area (TPSA) is 66.4 Å². The lowest BCUT2D eigenvalue weighted by Gasteiger charge is -2.16. The third-order valence-electron chi connectivity index (χ3n) is 4.19. The van der Waals surface area contributed by atoms with Gasteiger partial charge in [-0.2, -0.15) is 0 Å². The number of carbonyl (C=O) groups excluding carboxylic acids is 1. The van der Waals surface area contributed by atoms with Crippen LogP contribution in [-0.4, -0.2) is 17.0 Å². The fourth-order valence-electron chi connectivity index (χ4n) is 2.72. The molecule has 2 aromatic carbocycles. The van der Waals surface area contributed by atoms with Crippen LogP contribution in [0.3, 0.4) is 0 Å². The second kappa shape index (κ2) is 5.83. The van der Waals surface area contributed by atoms with Gasteiger partial charge in [-0.05, 0) is 48.2 Å². The molecule has 0 unspecified atom stereocenters. The third kappa shape index (κ3) is 3.08. The summed E-state index contributed by atoms with van der Waals surface area (Å²) in [6.45, 7) is 0.247. The van der Waals surface area contributed by atoms with E-state index in [1.54, 1.807) is 24.3 Å². The minimum atomic E-state index is -1.00. The molecule has 0 aliphatic heterocycles. The van der Waals surface area contributed by atoms with Gasteiger partial charge in [0.2, 0.25) is 5.91 Å². The second-order valence-electron chi connectivity index (χ2n) is 5.78. The number of nitrogens with one attached hydrogen (secondary N) is 1. The summed E-state index contributed by atoms with van der Waals surface area (Å²) in [6, 6.07) is 12.6. The summed E-state index contributed by atoms with van der Waals surface area (Å²) in [6.07, 6.45) is 1.38. The average molecular weight is 313 g/mol. The number of carboxylic acids is 1. The summed E-state index contributed by atoms with van der Waals surface area (Å²) < 4.78 is 13.4. The van der Waals surface area contributed by atoms with Crippen molar-refractivity contribution >= 4 is 11.9 Å². The number of rotatable bonds is 5. The van der Waals surface area contributed by atoms with Crippen LogP contribution in [0.25, 0.3) is 0 Å². The van der Waals surface area contributed by atoms with Gasteiger partial charge in [0.15, 0.2) is 0 Å². The highest BCUT2D eigenvalue weighted by Crippen LogP contribution is 2.48. The van der Waals surface area contributed by atoms with Crippen LogP contribution in [0.2, 0.25) is 0 Å². The molecule has 0 bridgehead atoms. The summed E-state index contributed by atoms with van der Waals surface area (Å²) in [7, 11) is 0. The smallest absolute Gasteiger partial charge is 0.335 e. The summed E-state index contributed by atoms with van der Waals surface area (Å²) in [5, 5.41) is 11.8. The molecule has 2 N–H and O–H groups in total. The molecule has 0 heterocycles. The van der Waals surface area contributed by atoms with Gasteiger partial charge in [-0.3, -0.25) is 4.79 Å². The van der Waals surface area contributed by atoms with E-state index in [2.05, 4.69) is 5.32 Å². The molecule has 3 rings (SSSR count). The van der Waals surface area contributed by atoms with Crippen LogP contribution < -0.4 is 5.32 Å². The van der Waals surface area contributed by atoms with Gasteiger partial charge in [-0.15, -0.1) is 0 Å². The number of hydrogen-bond acceptors (Lipinski definition) is 2. The molecule has 0 spiro atoms. The maximum absolute atomic E-state index is 13.4. The monoisotopic (exact) mass is 313 g/mol. The van der Waals surface area contributed by atoms with Crippen LogP contribution in [0.15, 0.2) is 48.5 Å². The minimum absolute atomic E-state index is 0.149. The van der Waals surface area contributed by atoms with Crippen LogP contribution in [-0.2, 0) is 16.8 Å². The number of carboxylic acid groups (broad SMARTS) is 1. The quantitative estimate of drug-likeness (QED) is 0.892. The van der Waals surface area contributed by atoms with E-state index in [4.69, 9.17) is 5.11 Å². The summed E-state index contributed by atoms with van der Waals surface area (Å²) >= 11 is 0. The summed E-state index contributed by atoms with van der Waals surface area (Å²) in [5.74, 6) is -1.50. The van der Waals surface area contributed by atoms with Crippen molar-refractivity contribution in [1.82, 2.24) is 5.32 Å². The van der Waals surface area contributed by atoms with E-state index in [-0.39, 0.29) is 23.8 Å². The Bertz CT molecular complexity index is 768. The number of aromatic carboxylic acids is 1. The molecule has 4 nitrogen and oxygen atoms in total. The largest absolute Gasteiger partial charge is 0.478 e. The molecule has 1 fully saturated rings. The Labute approximate surface area is 133 Å². The highest BCUT2D eigenvalue weighted by atomic mass is 19.1. The molecule has 2 aromatic rings. The molecule has 118 valence electrons. The highest BCUT2D eigenvalue weighted by Gasteiger charge is 2.51. The van der Waals surface area contributed by atoms with Crippen LogP contribution in [0, 0.1) is 5.82 Å². The molecule has 0 atom stereocenters. The van der Waals surface area contributed by atoms with Gasteiger partial charge in [0.25, 0.3) is 0 Å². The Morgan fingerprint density at radius 3 is 2.52 bits per heavy atom. The molecule has 1 aliphatic carbocycles. The zero-order valence-electron chi connectivity index (χ0n) is 12.4.